The molecule has 3 rings (SSSR count). The van der Waals surface area contributed by atoms with Gasteiger partial charge >= 0.3 is 0 Å². The number of benzene rings is 1. The van der Waals surface area contributed by atoms with Crippen LogP contribution in [0.2, 0.25) is 0 Å². The number of ketones is 1. The maximum Gasteiger partial charge on any atom is 0.132 e. The minimum Gasteiger partial charge on any atom is -0.323 e. The Morgan fingerprint density at radius 3 is 2.39 bits per heavy atom. The summed E-state index contributed by atoms with van der Waals surface area (Å²) in [6.07, 6.45) is 4.46. The average molecular weight is 243 g/mol. The molecule has 1 aromatic carbocycles. The van der Waals surface area contributed by atoms with Crippen molar-refractivity contribution in [3.05, 3.63) is 48.6 Å². The van der Waals surface area contributed by atoms with Crippen LogP contribution < -0.4 is 5.73 Å². The third kappa shape index (κ3) is 2.01. The smallest absolute Gasteiger partial charge is 0.132 e. The van der Waals surface area contributed by atoms with E-state index in [-0.39, 0.29) is 11.5 Å². The Bertz CT molecular complexity index is 442. The van der Waals surface area contributed by atoms with Gasteiger partial charge in [0.2, 0.25) is 0 Å². The van der Waals surface area contributed by atoms with E-state index in [1.807, 2.05) is 0 Å². The molecule has 0 aliphatic heterocycles. The molecule has 2 aliphatic rings. The summed E-state index contributed by atoms with van der Waals surface area (Å²) < 4.78 is 0. The van der Waals surface area contributed by atoms with E-state index in [2.05, 4.69) is 37.4 Å². The molecule has 0 bridgehead atoms. The molecule has 0 amide bonds. The largest absolute Gasteiger partial charge is 0.323 e. The van der Waals surface area contributed by atoms with Crippen LogP contribution in [0.25, 0.3) is 0 Å². The first-order valence-corrected chi connectivity index (χ1v) is 6.56. The highest BCUT2D eigenvalue weighted by atomic mass is 16.1. The normalized spacial score (nSPS) is 24.3. The molecule has 0 aromatic heterocycles. The van der Waals surface area contributed by atoms with Gasteiger partial charge in [0.25, 0.3) is 0 Å². The highest BCUT2D eigenvalue weighted by Crippen LogP contribution is 2.52. The van der Waals surface area contributed by atoms with Gasteiger partial charge in [0.15, 0.2) is 0 Å². The Labute approximate surface area is 109 Å². The lowest BCUT2D eigenvalue weighted by atomic mass is 9.69. The van der Waals surface area contributed by atoms with Crippen molar-refractivity contribution in [1.82, 2.24) is 0 Å². The lowest BCUT2D eigenvalue weighted by Crippen LogP contribution is -2.35. The van der Waals surface area contributed by atoms with Crippen LogP contribution in [0.1, 0.15) is 42.9 Å². The van der Waals surface area contributed by atoms with Crippen LogP contribution in [0.3, 0.4) is 0 Å². The van der Waals surface area contributed by atoms with Gasteiger partial charge in [-0.25, -0.2) is 0 Å². The maximum absolute atomic E-state index is 11.3. The van der Waals surface area contributed by atoms with Crippen LogP contribution in [0.5, 0.6) is 0 Å². The molecule has 1 spiro atoms. The summed E-state index contributed by atoms with van der Waals surface area (Å²) in [6, 6.07) is 8.60. The second kappa shape index (κ2) is 5.07. The second-order valence-corrected chi connectivity index (χ2v) is 5.25. The molecule has 2 nitrogen and oxygen atoms in total. The standard InChI is InChI=1S/C14H17NO.C2H4/c15-13-12-4-2-1-3-10(12)9-14(13)7-5-11(16)6-8-14;1-2/h1-4,13H,5-9,15H2;1-2H2. The van der Waals surface area contributed by atoms with E-state index in [4.69, 9.17) is 5.73 Å². The van der Waals surface area contributed by atoms with Gasteiger partial charge in [0.05, 0.1) is 0 Å². The maximum atomic E-state index is 11.3. The molecule has 0 saturated heterocycles. The first-order valence-electron chi connectivity index (χ1n) is 6.56. The molecule has 2 aliphatic carbocycles. The molecule has 96 valence electrons. The van der Waals surface area contributed by atoms with Gasteiger partial charge in [-0.1, -0.05) is 24.3 Å². The summed E-state index contributed by atoms with van der Waals surface area (Å²) in [5, 5.41) is 0. The Morgan fingerprint density at radius 1 is 1.17 bits per heavy atom. The summed E-state index contributed by atoms with van der Waals surface area (Å²) in [4.78, 5) is 11.3. The lowest BCUT2D eigenvalue weighted by Gasteiger charge is -2.36. The highest BCUT2D eigenvalue weighted by Gasteiger charge is 2.45. The Balaban J connectivity index is 0.000000574. The average Bonchev–Trinajstić information content (AvgIpc) is 2.70. The van der Waals surface area contributed by atoms with Gasteiger partial charge in [-0.2, -0.15) is 0 Å². The van der Waals surface area contributed by atoms with Crippen LogP contribution in [0.15, 0.2) is 37.4 Å². The van der Waals surface area contributed by atoms with Gasteiger partial charge < -0.3 is 5.73 Å². The van der Waals surface area contributed by atoms with Crippen molar-refractivity contribution in [2.45, 2.75) is 38.1 Å². The van der Waals surface area contributed by atoms with Crippen molar-refractivity contribution in [2.24, 2.45) is 11.1 Å². The first kappa shape index (κ1) is 13.0. The van der Waals surface area contributed by atoms with Gasteiger partial charge in [0.1, 0.15) is 5.78 Å². The van der Waals surface area contributed by atoms with Crippen molar-refractivity contribution in [3.8, 4) is 0 Å². The predicted octanol–water partition coefficient (Wildman–Crippen LogP) is 3.17. The van der Waals surface area contributed by atoms with Gasteiger partial charge in [0, 0.05) is 18.9 Å². The topological polar surface area (TPSA) is 43.1 Å². The summed E-state index contributed by atoms with van der Waals surface area (Å²) in [6.45, 7) is 6.00. The summed E-state index contributed by atoms with van der Waals surface area (Å²) in [5.74, 6) is 0.411. The Kier molecular flexibility index (Phi) is 3.67. The quantitative estimate of drug-likeness (QED) is 0.711. The minimum absolute atomic E-state index is 0.136. The van der Waals surface area contributed by atoms with E-state index < -0.39 is 0 Å². The molecule has 0 radical (unpaired) electrons. The van der Waals surface area contributed by atoms with Crippen molar-refractivity contribution in [3.63, 3.8) is 0 Å². The number of fused-ring (bicyclic) bond motifs is 1. The van der Waals surface area contributed by atoms with Crippen LogP contribution in [-0.2, 0) is 11.2 Å². The minimum atomic E-state index is 0.136. The van der Waals surface area contributed by atoms with E-state index >= 15 is 0 Å². The van der Waals surface area contributed by atoms with Crippen molar-refractivity contribution in [2.75, 3.05) is 0 Å². The zero-order chi connectivity index (χ0) is 13.2. The monoisotopic (exact) mass is 243 g/mol. The molecular formula is C16H21NO. The van der Waals surface area contributed by atoms with Crippen LogP contribution in [-0.4, -0.2) is 5.78 Å². The molecular weight excluding hydrogens is 222 g/mol. The molecule has 1 unspecified atom stereocenters. The SMILES string of the molecule is C=C.NC1c2ccccc2CC12CCC(=O)CC2. The second-order valence-electron chi connectivity index (χ2n) is 5.25. The molecule has 18 heavy (non-hydrogen) atoms. The number of hydrogen-bond donors (Lipinski definition) is 1. The highest BCUT2D eigenvalue weighted by molar-refractivity contribution is 5.79. The number of carbonyl (C=O) groups is 1. The number of carbonyl (C=O) groups excluding carboxylic acids is 1. The van der Waals surface area contributed by atoms with Crippen molar-refractivity contribution >= 4 is 5.78 Å². The first-order chi connectivity index (χ1) is 8.71. The summed E-state index contributed by atoms with van der Waals surface area (Å²) in [7, 11) is 0. The molecule has 2 heteroatoms. The van der Waals surface area contributed by atoms with E-state index in [1.54, 1.807) is 0 Å². The fraction of sp³-hybridized carbons (Fsp3) is 0.438. The number of nitrogens with two attached hydrogens (primary N) is 1. The van der Waals surface area contributed by atoms with Crippen LogP contribution in [0.4, 0.5) is 0 Å². The molecule has 1 fully saturated rings. The van der Waals surface area contributed by atoms with Gasteiger partial charge in [-0.15, -0.1) is 13.2 Å². The van der Waals surface area contributed by atoms with Crippen molar-refractivity contribution in [1.29, 1.82) is 0 Å². The fourth-order valence-corrected chi connectivity index (χ4v) is 3.33. The van der Waals surface area contributed by atoms with E-state index in [0.29, 0.717) is 5.78 Å². The zero-order valence-corrected chi connectivity index (χ0v) is 10.8. The lowest BCUT2D eigenvalue weighted by molar-refractivity contribution is -0.122. The molecule has 1 saturated carbocycles. The molecule has 2 N–H and O–H groups in total. The Hall–Kier alpha value is -1.41. The van der Waals surface area contributed by atoms with E-state index in [1.165, 1.54) is 11.1 Å². The Morgan fingerprint density at radius 2 is 1.78 bits per heavy atom. The number of rotatable bonds is 0. The fourth-order valence-electron chi connectivity index (χ4n) is 3.33. The zero-order valence-electron chi connectivity index (χ0n) is 10.8. The van der Waals surface area contributed by atoms with Crippen LogP contribution in [0, 0.1) is 5.41 Å². The predicted molar refractivity (Wildman–Crippen MR) is 74.2 cm³/mol. The van der Waals surface area contributed by atoms with E-state index in [9.17, 15) is 4.79 Å². The van der Waals surface area contributed by atoms with Gasteiger partial charge in [-0.3, -0.25) is 4.79 Å². The summed E-state index contributed by atoms with van der Waals surface area (Å²) in [5.41, 5.74) is 9.26. The molecule has 1 atom stereocenters. The number of Topliss-reactive ketones (excluding diaryl/α,β-unsaturated/α-hetero) is 1. The third-order valence-electron chi connectivity index (χ3n) is 4.40. The molecule has 0 heterocycles. The summed E-state index contributed by atoms with van der Waals surface area (Å²) >= 11 is 0. The van der Waals surface area contributed by atoms with E-state index in [0.717, 1.165) is 32.1 Å². The number of hydrogen-bond acceptors (Lipinski definition) is 2. The molecule has 1 aromatic rings. The van der Waals surface area contributed by atoms with Gasteiger partial charge in [-0.05, 0) is 35.8 Å². The third-order valence-corrected chi connectivity index (χ3v) is 4.40. The van der Waals surface area contributed by atoms with Crippen LogP contribution >= 0.6 is 0 Å². The van der Waals surface area contributed by atoms with Crippen molar-refractivity contribution < 1.29 is 4.79 Å².